The van der Waals surface area contributed by atoms with E-state index in [1.807, 2.05) is 0 Å². The number of halogens is 4. The number of hydrogen-bond acceptors (Lipinski definition) is 5. The molecule has 0 bridgehead atoms. The van der Waals surface area contributed by atoms with Crippen molar-refractivity contribution < 1.29 is 27.2 Å². The normalized spacial score (nSPS) is 11.4. The Balaban J connectivity index is 1.99. The first kappa shape index (κ1) is 19.3. The largest absolute Gasteiger partial charge is 0.354 e. The number of nitrogens with one attached hydrogen (secondary N) is 2. The van der Waals surface area contributed by atoms with E-state index in [-0.39, 0.29) is 22.7 Å². The SMILES string of the molecule is CNC(=O)c1nn(C)cc1NC(=O)c1cc2nc(C(F)F)cc(C(F)F)n2n1. The molecule has 0 atom stereocenters. The molecular formula is C15H13F4N7O2. The lowest BCUT2D eigenvalue weighted by Gasteiger charge is -2.06. The van der Waals surface area contributed by atoms with Gasteiger partial charge in [-0.15, -0.1) is 0 Å². The number of aryl methyl sites for hydroxylation is 1. The first-order valence-electron chi connectivity index (χ1n) is 7.75. The number of rotatable bonds is 5. The van der Waals surface area contributed by atoms with Crippen LogP contribution in [0.15, 0.2) is 18.3 Å². The lowest BCUT2D eigenvalue weighted by molar-refractivity contribution is 0.0958. The summed E-state index contributed by atoms with van der Waals surface area (Å²) in [5.74, 6) is -1.42. The van der Waals surface area contributed by atoms with Crippen LogP contribution < -0.4 is 10.6 Å². The second-order valence-electron chi connectivity index (χ2n) is 5.61. The molecule has 0 aliphatic heterocycles. The van der Waals surface area contributed by atoms with E-state index in [0.29, 0.717) is 10.6 Å². The van der Waals surface area contributed by atoms with Crippen molar-refractivity contribution in [3.63, 3.8) is 0 Å². The van der Waals surface area contributed by atoms with Crippen molar-refractivity contribution in [2.75, 3.05) is 12.4 Å². The van der Waals surface area contributed by atoms with E-state index in [4.69, 9.17) is 0 Å². The van der Waals surface area contributed by atoms with Crippen molar-refractivity contribution in [1.82, 2.24) is 29.7 Å². The molecule has 0 aliphatic carbocycles. The Morgan fingerprint density at radius 2 is 1.79 bits per heavy atom. The smallest absolute Gasteiger partial charge is 0.280 e. The summed E-state index contributed by atoms with van der Waals surface area (Å²) in [4.78, 5) is 27.8. The standard InChI is InChI=1S/C15H13F4N7O2/c1-20-15(28)11-8(5-25(2)24-11)22-14(27)7-4-10-21-6(12(16)17)3-9(13(18)19)26(10)23-7/h3-5,12-13H,1-2H3,(H,20,28)(H,22,27). The van der Waals surface area contributed by atoms with Crippen molar-refractivity contribution in [1.29, 1.82) is 0 Å². The molecular weight excluding hydrogens is 386 g/mol. The summed E-state index contributed by atoms with van der Waals surface area (Å²) in [6.07, 6.45) is -4.83. The first-order valence-corrected chi connectivity index (χ1v) is 7.75. The molecule has 0 aromatic carbocycles. The molecule has 13 heteroatoms. The zero-order chi connectivity index (χ0) is 20.6. The Bertz CT molecular complexity index is 1060. The molecule has 148 valence electrons. The molecule has 0 fully saturated rings. The Labute approximate surface area is 154 Å². The molecule has 0 unspecified atom stereocenters. The number of aromatic nitrogens is 5. The fourth-order valence-corrected chi connectivity index (χ4v) is 2.45. The highest BCUT2D eigenvalue weighted by atomic mass is 19.3. The van der Waals surface area contributed by atoms with Gasteiger partial charge in [0.25, 0.3) is 24.7 Å². The maximum atomic E-state index is 13.2. The van der Waals surface area contributed by atoms with E-state index in [9.17, 15) is 27.2 Å². The second kappa shape index (κ2) is 7.25. The maximum Gasteiger partial charge on any atom is 0.280 e. The molecule has 0 saturated heterocycles. The molecule has 3 aromatic rings. The molecule has 9 nitrogen and oxygen atoms in total. The van der Waals surface area contributed by atoms with Crippen LogP contribution >= 0.6 is 0 Å². The minimum atomic E-state index is -3.11. The van der Waals surface area contributed by atoms with Gasteiger partial charge in [0.05, 0.1) is 5.69 Å². The topological polar surface area (TPSA) is 106 Å². The van der Waals surface area contributed by atoms with Gasteiger partial charge in [-0.2, -0.15) is 10.2 Å². The van der Waals surface area contributed by atoms with Crippen molar-refractivity contribution >= 4 is 23.1 Å². The van der Waals surface area contributed by atoms with Gasteiger partial charge in [-0.3, -0.25) is 14.3 Å². The third-order valence-electron chi connectivity index (χ3n) is 3.67. The molecule has 0 spiro atoms. The molecule has 2 amide bonds. The van der Waals surface area contributed by atoms with Gasteiger partial charge in [0.15, 0.2) is 17.0 Å². The number of fused-ring (bicyclic) bond motifs is 1. The minimum absolute atomic E-state index is 0.0548. The first-order chi connectivity index (χ1) is 13.2. The highest BCUT2D eigenvalue weighted by Crippen LogP contribution is 2.25. The summed E-state index contributed by atoms with van der Waals surface area (Å²) in [7, 11) is 2.90. The molecule has 2 N–H and O–H groups in total. The van der Waals surface area contributed by atoms with Crippen LogP contribution in [0.5, 0.6) is 0 Å². The summed E-state index contributed by atoms with van der Waals surface area (Å²) in [5.41, 5.74) is -2.40. The minimum Gasteiger partial charge on any atom is -0.354 e. The number of anilines is 1. The van der Waals surface area contributed by atoms with Gasteiger partial charge in [0.2, 0.25) is 0 Å². The van der Waals surface area contributed by atoms with Crippen molar-refractivity contribution in [3.05, 3.63) is 41.1 Å². The summed E-state index contributed by atoms with van der Waals surface area (Å²) in [6, 6.07) is 1.52. The van der Waals surface area contributed by atoms with Crippen LogP contribution in [0.25, 0.3) is 5.65 Å². The van der Waals surface area contributed by atoms with Gasteiger partial charge in [0.1, 0.15) is 11.4 Å². The van der Waals surface area contributed by atoms with Crippen molar-refractivity contribution in [2.45, 2.75) is 12.9 Å². The van der Waals surface area contributed by atoms with Crippen LogP contribution in [0.3, 0.4) is 0 Å². The summed E-state index contributed by atoms with van der Waals surface area (Å²) in [5, 5.41) is 12.4. The summed E-state index contributed by atoms with van der Waals surface area (Å²) in [6.45, 7) is 0. The van der Waals surface area contributed by atoms with Gasteiger partial charge >= 0.3 is 0 Å². The number of amides is 2. The predicted octanol–water partition coefficient (Wildman–Crippen LogP) is 1.95. The predicted molar refractivity (Wildman–Crippen MR) is 87.5 cm³/mol. The van der Waals surface area contributed by atoms with Crippen LogP contribution in [0.1, 0.15) is 45.2 Å². The third kappa shape index (κ3) is 3.50. The average molecular weight is 399 g/mol. The lowest BCUT2D eigenvalue weighted by Crippen LogP contribution is -2.21. The number of carbonyl (C=O) groups excluding carboxylic acids is 2. The molecule has 0 radical (unpaired) electrons. The van der Waals surface area contributed by atoms with Gasteiger partial charge in [-0.05, 0) is 6.07 Å². The van der Waals surface area contributed by atoms with E-state index in [1.54, 1.807) is 0 Å². The highest BCUT2D eigenvalue weighted by molar-refractivity contribution is 6.07. The lowest BCUT2D eigenvalue weighted by atomic mass is 10.3. The second-order valence-corrected chi connectivity index (χ2v) is 5.61. The van der Waals surface area contributed by atoms with Gasteiger partial charge in [0, 0.05) is 26.4 Å². The Kier molecular flexibility index (Phi) is 4.98. The quantitative estimate of drug-likeness (QED) is 0.638. The van der Waals surface area contributed by atoms with E-state index in [2.05, 4.69) is 25.8 Å². The fraction of sp³-hybridized carbons (Fsp3) is 0.267. The number of alkyl halides is 4. The fourth-order valence-electron chi connectivity index (χ4n) is 2.45. The molecule has 28 heavy (non-hydrogen) atoms. The summed E-state index contributed by atoms with van der Waals surface area (Å²) >= 11 is 0. The van der Waals surface area contributed by atoms with E-state index in [0.717, 1.165) is 6.07 Å². The molecule has 3 heterocycles. The Morgan fingerprint density at radius 1 is 1.07 bits per heavy atom. The number of nitrogens with zero attached hydrogens (tertiary/aromatic N) is 5. The van der Waals surface area contributed by atoms with Crippen LogP contribution in [-0.2, 0) is 7.05 Å². The molecule has 0 saturated carbocycles. The van der Waals surface area contributed by atoms with Crippen LogP contribution in [0.2, 0.25) is 0 Å². The van der Waals surface area contributed by atoms with Crippen LogP contribution in [-0.4, -0.2) is 43.2 Å². The highest BCUT2D eigenvalue weighted by Gasteiger charge is 2.23. The van der Waals surface area contributed by atoms with E-state index >= 15 is 0 Å². The Hall–Kier alpha value is -3.51. The van der Waals surface area contributed by atoms with Crippen molar-refractivity contribution in [3.8, 4) is 0 Å². The number of hydrogen-bond donors (Lipinski definition) is 2. The van der Waals surface area contributed by atoms with Crippen LogP contribution in [0.4, 0.5) is 23.2 Å². The summed E-state index contributed by atoms with van der Waals surface area (Å²) < 4.78 is 54.1. The molecule has 0 aliphatic rings. The third-order valence-corrected chi connectivity index (χ3v) is 3.67. The van der Waals surface area contributed by atoms with Gasteiger partial charge < -0.3 is 10.6 Å². The van der Waals surface area contributed by atoms with Crippen LogP contribution in [0, 0.1) is 0 Å². The average Bonchev–Trinajstić information content (AvgIpc) is 3.23. The Morgan fingerprint density at radius 3 is 2.39 bits per heavy atom. The molecule has 3 aromatic heterocycles. The van der Waals surface area contributed by atoms with E-state index < -0.39 is 36.1 Å². The monoisotopic (exact) mass is 399 g/mol. The van der Waals surface area contributed by atoms with Gasteiger partial charge in [-0.1, -0.05) is 0 Å². The van der Waals surface area contributed by atoms with E-state index in [1.165, 1.54) is 25.0 Å². The van der Waals surface area contributed by atoms with Gasteiger partial charge in [-0.25, -0.2) is 27.1 Å². The maximum absolute atomic E-state index is 13.2. The zero-order valence-corrected chi connectivity index (χ0v) is 14.5. The number of carbonyl (C=O) groups is 2. The zero-order valence-electron chi connectivity index (χ0n) is 14.5. The van der Waals surface area contributed by atoms with Crippen molar-refractivity contribution in [2.24, 2.45) is 7.05 Å². The molecule has 3 rings (SSSR count).